The number of anilines is 1. The first-order chi connectivity index (χ1) is 6.65. The summed E-state index contributed by atoms with van der Waals surface area (Å²) >= 11 is 0. The molecular weight excluding hydrogens is 176 g/mol. The van der Waals surface area contributed by atoms with E-state index in [4.69, 9.17) is 5.11 Å². The number of hydrogen-bond acceptors (Lipinski definition) is 3. The van der Waals surface area contributed by atoms with Gasteiger partial charge in [-0.05, 0) is 24.5 Å². The third-order valence-electron chi connectivity index (χ3n) is 2.33. The van der Waals surface area contributed by atoms with Crippen molar-refractivity contribution in [3.8, 4) is 0 Å². The van der Waals surface area contributed by atoms with Gasteiger partial charge in [0.15, 0.2) is 0 Å². The molecule has 0 aliphatic carbocycles. The van der Waals surface area contributed by atoms with E-state index in [-0.39, 0.29) is 12.6 Å². The van der Waals surface area contributed by atoms with E-state index in [1.54, 1.807) is 6.20 Å². The molecule has 1 aromatic rings. The highest BCUT2D eigenvalue weighted by atomic mass is 16.3. The van der Waals surface area contributed by atoms with E-state index in [1.165, 1.54) is 0 Å². The second kappa shape index (κ2) is 4.96. The molecule has 2 N–H and O–H groups in total. The SMILES string of the molecule is Cc1cccnc1N[C@H](CO)C(C)C. The lowest BCUT2D eigenvalue weighted by atomic mass is 10.1. The summed E-state index contributed by atoms with van der Waals surface area (Å²) in [6.45, 7) is 6.29. The van der Waals surface area contributed by atoms with Crippen molar-refractivity contribution in [1.82, 2.24) is 4.98 Å². The van der Waals surface area contributed by atoms with Gasteiger partial charge in [0.2, 0.25) is 0 Å². The summed E-state index contributed by atoms with van der Waals surface area (Å²) in [5.74, 6) is 1.25. The molecule has 0 saturated heterocycles. The molecule has 78 valence electrons. The molecule has 1 aromatic heterocycles. The molecule has 0 radical (unpaired) electrons. The van der Waals surface area contributed by atoms with Crippen LogP contribution >= 0.6 is 0 Å². The van der Waals surface area contributed by atoms with Crippen LogP contribution in [0.5, 0.6) is 0 Å². The minimum Gasteiger partial charge on any atom is -0.394 e. The van der Waals surface area contributed by atoms with Gasteiger partial charge < -0.3 is 10.4 Å². The minimum absolute atomic E-state index is 0.0728. The molecule has 0 aliphatic heterocycles. The maximum absolute atomic E-state index is 9.16. The maximum atomic E-state index is 9.16. The Morgan fingerprint density at radius 2 is 2.21 bits per heavy atom. The van der Waals surface area contributed by atoms with Crippen LogP contribution in [-0.4, -0.2) is 22.7 Å². The highest BCUT2D eigenvalue weighted by molar-refractivity contribution is 5.43. The van der Waals surface area contributed by atoms with Gasteiger partial charge in [0.05, 0.1) is 12.6 Å². The van der Waals surface area contributed by atoms with Crippen LogP contribution in [-0.2, 0) is 0 Å². The molecule has 0 aliphatic rings. The van der Waals surface area contributed by atoms with Crippen LogP contribution < -0.4 is 5.32 Å². The van der Waals surface area contributed by atoms with Crippen LogP contribution in [0.4, 0.5) is 5.82 Å². The first-order valence-corrected chi connectivity index (χ1v) is 4.94. The molecular formula is C11H18N2O. The van der Waals surface area contributed by atoms with Crippen molar-refractivity contribution in [3.63, 3.8) is 0 Å². The van der Waals surface area contributed by atoms with E-state index < -0.39 is 0 Å². The summed E-state index contributed by atoms with van der Waals surface area (Å²) in [7, 11) is 0. The van der Waals surface area contributed by atoms with Crippen molar-refractivity contribution in [2.24, 2.45) is 5.92 Å². The van der Waals surface area contributed by atoms with Gasteiger partial charge >= 0.3 is 0 Å². The van der Waals surface area contributed by atoms with Crippen molar-refractivity contribution in [3.05, 3.63) is 23.9 Å². The Balaban J connectivity index is 2.72. The first-order valence-electron chi connectivity index (χ1n) is 4.94. The molecule has 1 rings (SSSR count). The molecule has 0 unspecified atom stereocenters. The van der Waals surface area contributed by atoms with Crippen molar-refractivity contribution in [2.75, 3.05) is 11.9 Å². The number of pyridine rings is 1. The largest absolute Gasteiger partial charge is 0.394 e. The number of rotatable bonds is 4. The highest BCUT2D eigenvalue weighted by Crippen LogP contribution is 2.13. The molecule has 1 atom stereocenters. The topological polar surface area (TPSA) is 45.2 Å². The van der Waals surface area contributed by atoms with Crippen LogP contribution in [0.2, 0.25) is 0 Å². The summed E-state index contributed by atoms with van der Waals surface area (Å²) in [5.41, 5.74) is 1.10. The van der Waals surface area contributed by atoms with E-state index in [2.05, 4.69) is 24.1 Å². The quantitative estimate of drug-likeness (QED) is 0.768. The van der Waals surface area contributed by atoms with Crippen LogP contribution in [0, 0.1) is 12.8 Å². The number of aromatic nitrogens is 1. The Bertz CT molecular complexity index is 286. The number of nitrogens with one attached hydrogen (secondary N) is 1. The lowest BCUT2D eigenvalue weighted by Crippen LogP contribution is -2.30. The Morgan fingerprint density at radius 1 is 1.50 bits per heavy atom. The average molecular weight is 194 g/mol. The lowest BCUT2D eigenvalue weighted by Gasteiger charge is -2.21. The minimum atomic E-state index is 0.0728. The monoisotopic (exact) mass is 194 g/mol. The zero-order valence-corrected chi connectivity index (χ0v) is 8.99. The van der Waals surface area contributed by atoms with Crippen molar-refractivity contribution < 1.29 is 5.11 Å². The zero-order chi connectivity index (χ0) is 10.6. The Kier molecular flexibility index (Phi) is 3.89. The van der Waals surface area contributed by atoms with Gasteiger partial charge in [0.1, 0.15) is 5.82 Å². The van der Waals surface area contributed by atoms with Crippen LogP contribution in [0.25, 0.3) is 0 Å². The smallest absolute Gasteiger partial charge is 0.129 e. The summed E-state index contributed by atoms with van der Waals surface area (Å²) in [6, 6.07) is 3.98. The van der Waals surface area contributed by atoms with Gasteiger partial charge in [0.25, 0.3) is 0 Å². The first kappa shape index (κ1) is 11.0. The van der Waals surface area contributed by atoms with Gasteiger partial charge in [-0.1, -0.05) is 19.9 Å². The third kappa shape index (κ3) is 2.70. The normalized spacial score (nSPS) is 12.9. The molecule has 0 saturated carbocycles. The number of aliphatic hydroxyl groups is 1. The molecule has 0 spiro atoms. The van der Waals surface area contributed by atoms with Gasteiger partial charge in [-0.15, -0.1) is 0 Å². The Morgan fingerprint density at radius 3 is 2.71 bits per heavy atom. The maximum Gasteiger partial charge on any atom is 0.129 e. The fourth-order valence-electron chi connectivity index (χ4n) is 1.24. The molecule has 0 fully saturated rings. The van der Waals surface area contributed by atoms with Gasteiger partial charge in [-0.2, -0.15) is 0 Å². The Hall–Kier alpha value is -1.09. The van der Waals surface area contributed by atoms with E-state index >= 15 is 0 Å². The fourth-order valence-corrected chi connectivity index (χ4v) is 1.24. The molecule has 1 heterocycles. The van der Waals surface area contributed by atoms with Gasteiger partial charge in [-0.25, -0.2) is 4.98 Å². The number of nitrogens with zero attached hydrogens (tertiary/aromatic N) is 1. The average Bonchev–Trinajstić information content (AvgIpc) is 2.16. The van der Waals surface area contributed by atoms with Crippen molar-refractivity contribution >= 4 is 5.82 Å². The summed E-state index contributed by atoms with van der Waals surface area (Å²) in [4.78, 5) is 4.23. The third-order valence-corrected chi connectivity index (χ3v) is 2.33. The predicted molar refractivity (Wildman–Crippen MR) is 58.3 cm³/mol. The number of hydrogen-bond donors (Lipinski definition) is 2. The standard InChI is InChI=1S/C11H18N2O/c1-8(2)10(7-14)13-11-9(3)5-4-6-12-11/h4-6,8,10,14H,7H2,1-3H3,(H,12,13)/t10-/m1/s1. The van der Waals surface area contributed by atoms with Gasteiger partial charge in [0, 0.05) is 6.20 Å². The summed E-state index contributed by atoms with van der Waals surface area (Å²) in [5, 5.41) is 12.4. The fraction of sp³-hybridized carbons (Fsp3) is 0.545. The molecule has 0 bridgehead atoms. The van der Waals surface area contributed by atoms with Crippen molar-refractivity contribution in [1.29, 1.82) is 0 Å². The zero-order valence-electron chi connectivity index (χ0n) is 8.99. The number of aryl methyl sites for hydroxylation is 1. The molecule has 3 nitrogen and oxygen atoms in total. The van der Waals surface area contributed by atoms with E-state index in [0.717, 1.165) is 11.4 Å². The van der Waals surface area contributed by atoms with Crippen LogP contribution in [0.1, 0.15) is 19.4 Å². The van der Waals surface area contributed by atoms with Gasteiger partial charge in [-0.3, -0.25) is 0 Å². The number of aliphatic hydroxyl groups excluding tert-OH is 1. The summed E-state index contributed by atoms with van der Waals surface area (Å²) < 4.78 is 0. The molecule has 3 heteroatoms. The van der Waals surface area contributed by atoms with Crippen molar-refractivity contribution in [2.45, 2.75) is 26.8 Å². The second-order valence-electron chi connectivity index (χ2n) is 3.85. The van der Waals surface area contributed by atoms with E-state index in [1.807, 2.05) is 19.1 Å². The predicted octanol–water partition coefficient (Wildman–Crippen LogP) is 1.82. The van der Waals surface area contributed by atoms with Crippen LogP contribution in [0.15, 0.2) is 18.3 Å². The van der Waals surface area contributed by atoms with Crippen LogP contribution in [0.3, 0.4) is 0 Å². The second-order valence-corrected chi connectivity index (χ2v) is 3.85. The summed E-state index contributed by atoms with van der Waals surface area (Å²) in [6.07, 6.45) is 1.75. The Labute approximate surface area is 85.2 Å². The van der Waals surface area contributed by atoms with E-state index in [9.17, 15) is 0 Å². The molecule has 0 aromatic carbocycles. The lowest BCUT2D eigenvalue weighted by molar-refractivity contribution is 0.249. The highest BCUT2D eigenvalue weighted by Gasteiger charge is 2.12. The van der Waals surface area contributed by atoms with E-state index in [0.29, 0.717) is 5.92 Å². The molecule has 14 heavy (non-hydrogen) atoms. The molecule has 0 amide bonds.